The Balaban J connectivity index is 2.60. The molecule has 2 unspecified atom stereocenters. The van der Waals surface area contributed by atoms with Crippen LogP contribution in [-0.2, 0) is 0 Å². The van der Waals surface area contributed by atoms with Crippen LogP contribution in [0.1, 0.15) is 47.0 Å². The van der Waals surface area contributed by atoms with E-state index in [4.69, 9.17) is 0 Å². The average Bonchev–Trinajstić information content (AvgIpc) is 1.93. The Kier molecular flexibility index (Phi) is 2.58. The lowest BCUT2D eigenvalue weighted by Crippen LogP contribution is -2.47. The van der Waals surface area contributed by atoms with Crippen molar-refractivity contribution in [2.45, 2.75) is 58.5 Å². The van der Waals surface area contributed by atoms with E-state index in [0.717, 1.165) is 5.92 Å². The van der Waals surface area contributed by atoms with E-state index in [9.17, 15) is 0 Å². The summed E-state index contributed by atoms with van der Waals surface area (Å²) in [5.74, 6) is 0.812. The summed E-state index contributed by atoms with van der Waals surface area (Å²) in [4.78, 5) is 0. The second-order valence-electron chi connectivity index (χ2n) is 4.60. The molecule has 1 aliphatic heterocycles. The summed E-state index contributed by atoms with van der Waals surface area (Å²) in [7, 11) is 0. The normalized spacial score (nSPS) is 38.2. The first kappa shape index (κ1) is 9.05. The molecule has 0 aromatic rings. The minimum absolute atomic E-state index is 0.343. The van der Waals surface area contributed by atoms with Crippen molar-refractivity contribution in [3.8, 4) is 0 Å². The third-order valence-corrected chi connectivity index (χ3v) is 3.12. The molecule has 2 atom stereocenters. The topological polar surface area (TPSA) is 12.0 Å². The molecule has 66 valence electrons. The molecule has 1 aliphatic rings. The van der Waals surface area contributed by atoms with Crippen LogP contribution in [0.2, 0.25) is 0 Å². The van der Waals surface area contributed by atoms with E-state index in [1.807, 2.05) is 0 Å². The van der Waals surface area contributed by atoms with Crippen molar-refractivity contribution in [3.05, 3.63) is 0 Å². The van der Waals surface area contributed by atoms with Crippen LogP contribution in [0.4, 0.5) is 0 Å². The van der Waals surface area contributed by atoms with Crippen LogP contribution in [0, 0.1) is 5.92 Å². The third-order valence-electron chi connectivity index (χ3n) is 3.12. The summed E-state index contributed by atoms with van der Waals surface area (Å²) in [5, 5.41) is 3.67. The molecule has 1 nitrogen and oxygen atoms in total. The molecule has 1 heteroatoms. The fourth-order valence-corrected chi connectivity index (χ4v) is 1.94. The Morgan fingerprint density at radius 1 is 1.18 bits per heavy atom. The van der Waals surface area contributed by atoms with Crippen LogP contribution >= 0.6 is 0 Å². The second-order valence-corrected chi connectivity index (χ2v) is 4.60. The lowest BCUT2D eigenvalue weighted by molar-refractivity contribution is 0.262. The van der Waals surface area contributed by atoms with Crippen molar-refractivity contribution in [2.24, 2.45) is 5.92 Å². The fourth-order valence-electron chi connectivity index (χ4n) is 1.94. The molecule has 0 bridgehead atoms. The lowest BCUT2D eigenvalue weighted by Gasteiger charge is -2.32. The van der Waals surface area contributed by atoms with Crippen molar-refractivity contribution >= 4 is 0 Å². The summed E-state index contributed by atoms with van der Waals surface area (Å²) in [6.45, 7) is 9.28. The number of nitrogens with one attached hydrogen (secondary N) is 1. The summed E-state index contributed by atoms with van der Waals surface area (Å²) in [6.07, 6.45) is 4.11. The van der Waals surface area contributed by atoms with Gasteiger partial charge in [0.05, 0.1) is 0 Å². The quantitative estimate of drug-likeness (QED) is 0.567. The summed E-state index contributed by atoms with van der Waals surface area (Å²) >= 11 is 0. The molecule has 0 spiro atoms. The standard InChI is InChI=1S/C10H21N/c1-8-6-5-7-9(2)11-10(8,3)4/h8-9,11H,5-7H2,1-4H3. The van der Waals surface area contributed by atoms with Gasteiger partial charge in [0.25, 0.3) is 0 Å². The highest BCUT2D eigenvalue weighted by molar-refractivity contribution is 4.88. The van der Waals surface area contributed by atoms with Gasteiger partial charge in [0, 0.05) is 11.6 Å². The van der Waals surface area contributed by atoms with Gasteiger partial charge in [0.2, 0.25) is 0 Å². The summed E-state index contributed by atoms with van der Waals surface area (Å²) in [5.41, 5.74) is 0.343. The average molecular weight is 155 g/mol. The van der Waals surface area contributed by atoms with Gasteiger partial charge < -0.3 is 5.32 Å². The predicted octanol–water partition coefficient (Wildman–Crippen LogP) is 2.56. The van der Waals surface area contributed by atoms with Gasteiger partial charge in [-0.15, -0.1) is 0 Å². The van der Waals surface area contributed by atoms with E-state index in [1.54, 1.807) is 0 Å². The summed E-state index contributed by atoms with van der Waals surface area (Å²) < 4.78 is 0. The highest BCUT2D eigenvalue weighted by Crippen LogP contribution is 2.26. The number of rotatable bonds is 0. The molecule has 0 aromatic heterocycles. The molecule has 0 saturated carbocycles. The zero-order valence-electron chi connectivity index (χ0n) is 8.28. The van der Waals surface area contributed by atoms with Crippen LogP contribution < -0.4 is 5.32 Å². The first-order valence-corrected chi connectivity index (χ1v) is 4.80. The molecule has 0 aromatic carbocycles. The lowest BCUT2D eigenvalue weighted by atomic mass is 9.87. The molecule has 0 radical (unpaired) electrons. The fraction of sp³-hybridized carbons (Fsp3) is 1.00. The van der Waals surface area contributed by atoms with Crippen molar-refractivity contribution in [2.75, 3.05) is 0 Å². The van der Waals surface area contributed by atoms with E-state index in [1.165, 1.54) is 19.3 Å². The molecule has 1 heterocycles. The van der Waals surface area contributed by atoms with Gasteiger partial charge >= 0.3 is 0 Å². The van der Waals surface area contributed by atoms with Gasteiger partial charge in [-0.05, 0) is 39.5 Å². The van der Waals surface area contributed by atoms with Gasteiger partial charge in [-0.3, -0.25) is 0 Å². The maximum absolute atomic E-state index is 3.67. The van der Waals surface area contributed by atoms with Crippen LogP contribution in [0.5, 0.6) is 0 Å². The smallest absolute Gasteiger partial charge is 0.0153 e. The van der Waals surface area contributed by atoms with Crippen molar-refractivity contribution in [1.82, 2.24) is 5.32 Å². The van der Waals surface area contributed by atoms with E-state index in [-0.39, 0.29) is 0 Å². The third kappa shape index (κ3) is 2.19. The molecule has 1 fully saturated rings. The first-order valence-electron chi connectivity index (χ1n) is 4.80. The SMILES string of the molecule is CC1CCCC(C)C(C)(C)N1. The van der Waals surface area contributed by atoms with Crippen LogP contribution in [0.3, 0.4) is 0 Å². The summed E-state index contributed by atoms with van der Waals surface area (Å²) in [6, 6.07) is 0.704. The van der Waals surface area contributed by atoms with E-state index in [2.05, 4.69) is 33.0 Å². The van der Waals surface area contributed by atoms with Crippen LogP contribution in [0.15, 0.2) is 0 Å². The highest BCUT2D eigenvalue weighted by Gasteiger charge is 2.29. The molecule has 1 saturated heterocycles. The highest BCUT2D eigenvalue weighted by atomic mass is 15.0. The number of hydrogen-bond donors (Lipinski definition) is 1. The maximum atomic E-state index is 3.67. The molecule has 0 aliphatic carbocycles. The first-order chi connectivity index (χ1) is 5.02. The second kappa shape index (κ2) is 3.14. The number of hydrogen-bond acceptors (Lipinski definition) is 1. The van der Waals surface area contributed by atoms with Gasteiger partial charge in [0.15, 0.2) is 0 Å². The van der Waals surface area contributed by atoms with Crippen LogP contribution in [-0.4, -0.2) is 11.6 Å². The largest absolute Gasteiger partial charge is 0.309 e. The van der Waals surface area contributed by atoms with E-state index >= 15 is 0 Å². The molecule has 1 N–H and O–H groups in total. The molecule has 1 rings (SSSR count). The minimum atomic E-state index is 0.343. The molecule has 11 heavy (non-hydrogen) atoms. The Morgan fingerprint density at radius 2 is 1.82 bits per heavy atom. The van der Waals surface area contributed by atoms with Crippen molar-refractivity contribution < 1.29 is 0 Å². The molecular formula is C10H21N. The Morgan fingerprint density at radius 3 is 2.45 bits per heavy atom. The van der Waals surface area contributed by atoms with E-state index in [0.29, 0.717) is 11.6 Å². The Labute approximate surface area is 70.6 Å². The molecule has 0 amide bonds. The Hall–Kier alpha value is -0.0400. The van der Waals surface area contributed by atoms with Crippen molar-refractivity contribution in [1.29, 1.82) is 0 Å². The maximum Gasteiger partial charge on any atom is 0.0153 e. The predicted molar refractivity (Wildman–Crippen MR) is 49.7 cm³/mol. The zero-order chi connectivity index (χ0) is 8.48. The monoisotopic (exact) mass is 155 g/mol. The molecular weight excluding hydrogens is 134 g/mol. The van der Waals surface area contributed by atoms with Gasteiger partial charge in [-0.2, -0.15) is 0 Å². The van der Waals surface area contributed by atoms with E-state index < -0.39 is 0 Å². The van der Waals surface area contributed by atoms with Gasteiger partial charge in [-0.25, -0.2) is 0 Å². The zero-order valence-corrected chi connectivity index (χ0v) is 8.28. The van der Waals surface area contributed by atoms with Gasteiger partial charge in [-0.1, -0.05) is 13.3 Å². The minimum Gasteiger partial charge on any atom is -0.309 e. The van der Waals surface area contributed by atoms with Crippen molar-refractivity contribution in [3.63, 3.8) is 0 Å². The van der Waals surface area contributed by atoms with Gasteiger partial charge in [0.1, 0.15) is 0 Å². The Bertz CT molecular complexity index is 129. The van der Waals surface area contributed by atoms with Crippen LogP contribution in [0.25, 0.3) is 0 Å².